The highest BCUT2D eigenvalue weighted by molar-refractivity contribution is 5.89. The summed E-state index contributed by atoms with van der Waals surface area (Å²) in [4.78, 5) is 11.5. The van der Waals surface area contributed by atoms with E-state index in [1.54, 1.807) is 19.1 Å². The minimum Gasteiger partial charge on any atom is -0.450 e. The molecule has 0 aliphatic rings. The maximum Gasteiger partial charge on any atom is 0.411 e. The van der Waals surface area contributed by atoms with Crippen molar-refractivity contribution < 1.29 is 9.53 Å². The second-order valence-electron chi connectivity index (χ2n) is 6.16. The zero-order chi connectivity index (χ0) is 19.2. The molecule has 0 saturated carbocycles. The van der Waals surface area contributed by atoms with Gasteiger partial charge in [0.25, 0.3) is 0 Å². The summed E-state index contributed by atoms with van der Waals surface area (Å²) < 4.78 is 4.87. The van der Waals surface area contributed by atoms with Gasteiger partial charge in [0.05, 0.1) is 24.0 Å². The highest BCUT2D eigenvalue weighted by Crippen LogP contribution is 2.28. The van der Waals surface area contributed by atoms with Crippen LogP contribution in [0.5, 0.6) is 0 Å². The molecule has 1 amide bonds. The first-order valence-corrected chi connectivity index (χ1v) is 8.82. The highest BCUT2D eigenvalue weighted by atomic mass is 16.5. The Morgan fingerprint density at radius 1 is 0.963 bits per heavy atom. The van der Waals surface area contributed by atoms with Gasteiger partial charge >= 0.3 is 6.09 Å². The number of ether oxygens (including phenoxy) is 1. The molecule has 0 saturated heterocycles. The number of carbonyl (C=O) groups excluding carboxylic acids is 1. The fourth-order valence-electron chi connectivity index (χ4n) is 2.87. The summed E-state index contributed by atoms with van der Waals surface area (Å²) in [6.07, 6.45) is -0.530. The molecule has 1 unspecified atom stereocenters. The molecule has 5 heteroatoms. The Labute approximate surface area is 159 Å². The number of nitrogens with one attached hydrogen (secondary N) is 1. The van der Waals surface area contributed by atoms with Crippen molar-refractivity contribution in [3.05, 3.63) is 83.9 Å². The minimum absolute atomic E-state index is 0.299. The van der Waals surface area contributed by atoms with E-state index in [2.05, 4.69) is 29.6 Å². The molecule has 0 aromatic heterocycles. The van der Waals surface area contributed by atoms with E-state index in [1.807, 2.05) is 36.4 Å². The van der Waals surface area contributed by atoms with Crippen LogP contribution >= 0.6 is 0 Å². The third kappa shape index (κ3) is 4.46. The number of nitrogen functional groups attached to an aromatic ring is 1. The Morgan fingerprint density at radius 2 is 1.59 bits per heavy atom. The first-order valence-electron chi connectivity index (χ1n) is 8.82. The van der Waals surface area contributed by atoms with E-state index >= 15 is 0 Å². The molecule has 0 spiro atoms. The van der Waals surface area contributed by atoms with Crippen molar-refractivity contribution in [3.63, 3.8) is 0 Å². The van der Waals surface area contributed by atoms with E-state index in [-0.39, 0.29) is 6.04 Å². The van der Waals surface area contributed by atoms with Crippen LogP contribution in [-0.4, -0.2) is 12.7 Å². The maximum atomic E-state index is 11.5. The first-order chi connectivity index (χ1) is 13.1. The molecule has 3 aromatic rings. The van der Waals surface area contributed by atoms with E-state index in [9.17, 15) is 4.79 Å². The average molecular weight is 361 g/mol. The number of rotatable bonds is 5. The maximum absolute atomic E-state index is 11.5. The molecule has 3 rings (SSSR count). The molecule has 0 bridgehead atoms. The van der Waals surface area contributed by atoms with Crippen LogP contribution in [0.15, 0.2) is 72.8 Å². The fourth-order valence-corrected chi connectivity index (χ4v) is 2.87. The Balaban J connectivity index is 1.76. The summed E-state index contributed by atoms with van der Waals surface area (Å²) in [6, 6.07) is 23.4. The van der Waals surface area contributed by atoms with Crippen molar-refractivity contribution >= 4 is 17.5 Å². The van der Waals surface area contributed by atoms with Crippen LogP contribution < -0.4 is 16.8 Å². The van der Waals surface area contributed by atoms with E-state index in [1.165, 1.54) is 0 Å². The predicted octanol–water partition coefficient (Wildman–Crippen LogP) is 4.55. The van der Waals surface area contributed by atoms with Crippen molar-refractivity contribution in [2.75, 3.05) is 17.7 Å². The number of benzene rings is 3. The average Bonchev–Trinajstić information content (AvgIpc) is 2.70. The molecule has 27 heavy (non-hydrogen) atoms. The van der Waals surface area contributed by atoms with Crippen LogP contribution in [0.25, 0.3) is 11.1 Å². The third-order valence-electron chi connectivity index (χ3n) is 4.32. The van der Waals surface area contributed by atoms with Crippen LogP contribution in [0.3, 0.4) is 0 Å². The topological polar surface area (TPSA) is 90.4 Å². The lowest BCUT2D eigenvalue weighted by Gasteiger charge is -2.16. The van der Waals surface area contributed by atoms with Crippen molar-refractivity contribution in [1.29, 1.82) is 0 Å². The molecule has 5 N–H and O–H groups in total. The Kier molecular flexibility index (Phi) is 5.74. The van der Waals surface area contributed by atoms with Gasteiger partial charge in [0.1, 0.15) is 0 Å². The van der Waals surface area contributed by atoms with Crippen molar-refractivity contribution in [1.82, 2.24) is 0 Å². The zero-order valence-corrected chi connectivity index (χ0v) is 15.2. The van der Waals surface area contributed by atoms with Crippen molar-refractivity contribution in [2.45, 2.75) is 13.0 Å². The molecule has 0 fully saturated rings. The van der Waals surface area contributed by atoms with Gasteiger partial charge in [-0.3, -0.25) is 5.32 Å². The monoisotopic (exact) mass is 361 g/mol. The Hall–Kier alpha value is -3.31. The minimum atomic E-state index is -0.530. The van der Waals surface area contributed by atoms with Gasteiger partial charge in [-0.2, -0.15) is 0 Å². The van der Waals surface area contributed by atoms with E-state index in [4.69, 9.17) is 16.2 Å². The van der Waals surface area contributed by atoms with E-state index in [0.717, 1.165) is 22.3 Å². The smallest absolute Gasteiger partial charge is 0.411 e. The lowest BCUT2D eigenvalue weighted by molar-refractivity contribution is 0.168. The van der Waals surface area contributed by atoms with Gasteiger partial charge in [0, 0.05) is 0 Å². The number of nitrogens with two attached hydrogens (primary N) is 2. The summed E-state index contributed by atoms with van der Waals surface area (Å²) in [5.74, 6) is 0. The number of anilines is 2. The SMILES string of the molecule is CCOC(=O)Nc1ccc(C(N)c2ccc(-c3ccccc3)cc2)cc1N. The van der Waals surface area contributed by atoms with Gasteiger partial charge in [-0.25, -0.2) is 4.79 Å². The molecule has 1 atom stereocenters. The normalized spacial score (nSPS) is 11.6. The van der Waals surface area contributed by atoms with E-state index < -0.39 is 6.09 Å². The second kappa shape index (κ2) is 8.38. The van der Waals surface area contributed by atoms with Crippen LogP contribution in [0.2, 0.25) is 0 Å². The molecule has 0 aliphatic heterocycles. The Morgan fingerprint density at radius 3 is 2.22 bits per heavy atom. The molecule has 0 heterocycles. The summed E-state index contributed by atoms with van der Waals surface area (Å²) in [5, 5.41) is 2.62. The molecular weight excluding hydrogens is 338 g/mol. The molecule has 0 radical (unpaired) electrons. The molecule has 138 valence electrons. The van der Waals surface area contributed by atoms with Crippen LogP contribution in [0.1, 0.15) is 24.1 Å². The van der Waals surface area contributed by atoms with Crippen LogP contribution in [-0.2, 0) is 4.74 Å². The lowest BCUT2D eigenvalue weighted by atomic mass is 9.96. The fraction of sp³-hybridized carbons (Fsp3) is 0.136. The molecule has 5 nitrogen and oxygen atoms in total. The lowest BCUT2D eigenvalue weighted by Crippen LogP contribution is -2.16. The summed E-state index contributed by atoms with van der Waals surface area (Å²) >= 11 is 0. The van der Waals surface area contributed by atoms with Gasteiger partial charge in [-0.05, 0) is 41.3 Å². The van der Waals surface area contributed by atoms with E-state index in [0.29, 0.717) is 18.0 Å². The number of hydrogen-bond donors (Lipinski definition) is 3. The van der Waals surface area contributed by atoms with Gasteiger partial charge in [0.15, 0.2) is 0 Å². The molecule has 0 aliphatic carbocycles. The van der Waals surface area contributed by atoms with Gasteiger partial charge in [-0.15, -0.1) is 0 Å². The first kappa shape index (κ1) is 18.5. The van der Waals surface area contributed by atoms with Gasteiger partial charge in [0.2, 0.25) is 0 Å². The summed E-state index contributed by atoms with van der Waals surface area (Å²) in [6.45, 7) is 2.04. The van der Waals surface area contributed by atoms with Crippen LogP contribution in [0, 0.1) is 0 Å². The quantitative estimate of drug-likeness (QED) is 0.581. The second-order valence-corrected chi connectivity index (χ2v) is 6.16. The number of amides is 1. The predicted molar refractivity (Wildman–Crippen MR) is 109 cm³/mol. The summed E-state index contributed by atoms with van der Waals surface area (Å²) in [5.41, 5.74) is 17.6. The van der Waals surface area contributed by atoms with Crippen molar-refractivity contribution in [3.8, 4) is 11.1 Å². The van der Waals surface area contributed by atoms with Crippen molar-refractivity contribution in [2.24, 2.45) is 5.73 Å². The van der Waals surface area contributed by atoms with Crippen LogP contribution in [0.4, 0.5) is 16.2 Å². The zero-order valence-electron chi connectivity index (χ0n) is 15.2. The number of carbonyl (C=O) groups is 1. The largest absolute Gasteiger partial charge is 0.450 e. The summed E-state index contributed by atoms with van der Waals surface area (Å²) in [7, 11) is 0. The molecule has 3 aromatic carbocycles. The number of hydrogen-bond acceptors (Lipinski definition) is 4. The standard InChI is InChI=1S/C22H23N3O2/c1-2-27-22(26)25-20-13-12-18(14-19(20)23)21(24)17-10-8-16(9-11-17)15-6-4-3-5-7-15/h3-14,21H,2,23-24H2,1H3,(H,25,26). The molecular formula is C22H23N3O2. The third-order valence-corrected chi connectivity index (χ3v) is 4.32. The van der Waals surface area contributed by atoms with Gasteiger partial charge < -0.3 is 16.2 Å². The Bertz CT molecular complexity index is 909. The highest BCUT2D eigenvalue weighted by Gasteiger charge is 2.12. The van der Waals surface area contributed by atoms with Gasteiger partial charge in [-0.1, -0.05) is 60.7 Å².